The third-order valence-electron chi connectivity index (χ3n) is 2.74. The summed E-state index contributed by atoms with van der Waals surface area (Å²) >= 11 is 0. The van der Waals surface area contributed by atoms with Crippen LogP contribution < -0.4 is 11.1 Å². The first kappa shape index (κ1) is 17.2. The summed E-state index contributed by atoms with van der Waals surface area (Å²) in [6.45, 7) is 2.49. The Hall–Kier alpha value is -1.86. The number of carbonyl (C=O) groups is 1. The van der Waals surface area contributed by atoms with Gasteiger partial charge in [0, 0.05) is 25.4 Å². The van der Waals surface area contributed by atoms with Gasteiger partial charge in [-0.15, -0.1) is 12.4 Å². The number of nitrogens with one attached hydrogen (secondary N) is 1. The standard InChI is InChI=1S/C13H18N4O3.ClH/c1-9(14)4-6-15-11(18)2-3-12-16-13(17-20-12)10-5-7-19-8-10;/h5,7-9H,2-4,6,14H2,1H3,(H,15,18);1H. The molecule has 1 atom stereocenters. The SMILES string of the molecule is CC(N)CCNC(=O)CCc1nc(-c2ccoc2)no1.Cl. The molecule has 2 rings (SSSR count). The largest absolute Gasteiger partial charge is 0.472 e. The summed E-state index contributed by atoms with van der Waals surface area (Å²) in [7, 11) is 0. The molecule has 8 heteroatoms. The summed E-state index contributed by atoms with van der Waals surface area (Å²) in [5.41, 5.74) is 6.35. The minimum atomic E-state index is -0.0475. The Morgan fingerprint density at radius 2 is 2.33 bits per heavy atom. The number of nitrogens with zero attached hydrogens (tertiary/aromatic N) is 2. The first-order valence-corrected chi connectivity index (χ1v) is 6.52. The average molecular weight is 315 g/mol. The summed E-state index contributed by atoms with van der Waals surface area (Å²) in [6.07, 6.45) is 4.56. The number of furan rings is 1. The van der Waals surface area contributed by atoms with Crippen LogP contribution in [0.25, 0.3) is 11.4 Å². The van der Waals surface area contributed by atoms with Crippen molar-refractivity contribution in [3.8, 4) is 11.4 Å². The van der Waals surface area contributed by atoms with Crippen LogP contribution in [-0.2, 0) is 11.2 Å². The molecule has 2 aromatic heterocycles. The molecule has 0 fully saturated rings. The minimum Gasteiger partial charge on any atom is -0.472 e. The van der Waals surface area contributed by atoms with E-state index in [2.05, 4.69) is 15.5 Å². The van der Waals surface area contributed by atoms with Crippen LogP contribution in [0.4, 0.5) is 0 Å². The molecular weight excluding hydrogens is 296 g/mol. The van der Waals surface area contributed by atoms with Crippen molar-refractivity contribution in [2.45, 2.75) is 32.2 Å². The molecule has 21 heavy (non-hydrogen) atoms. The predicted molar refractivity (Wildman–Crippen MR) is 78.8 cm³/mol. The Morgan fingerprint density at radius 1 is 1.52 bits per heavy atom. The Balaban J connectivity index is 0.00000220. The van der Waals surface area contributed by atoms with Gasteiger partial charge in [-0.25, -0.2) is 0 Å². The Labute approximate surface area is 128 Å². The molecule has 0 saturated heterocycles. The van der Waals surface area contributed by atoms with Crippen LogP contribution in [0.15, 0.2) is 27.5 Å². The second-order valence-corrected chi connectivity index (χ2v) is 4.64. The van der Waals surface area contributed by atoms with Crippen LogP contribution >= 0.6 is 12.4 Å². The maximum atomic E-state index is 11.6. The van der Waals surface area contributed by atoms with E-state index in [1.807, 2.05) is 6.92 Å². The van der Waals surface area contributed by atoms with Crippen LogP contribution in [0.1, 0.15) is 25.7 Å². The Bertz CT molecular complexity index is 539. The summed E-state index contributed by atoms with van der Waals surface area (Å²) in [6, 6.07) is 1.83. The summed E-state index contributed by atoms with van der Waals surface area (Å²) in [4.78, 5) is 15.8. The molecule has 0 radical (unpaired) electrons. The normalized spacial score (nSPS) is 11.7. The predicted octanol–water partition coefficient (Wildman–Crippen LogP) is 1.54. The van der Waals surface area contributed by atoms with Gasteiger partial charge in [0.2, 0.25) is 17.6 Å². The second kappa shape index (κ2) is 8.43. The molecule has 0 aromatic carbocycles. The van der Waals surface area contributed by atoms with Gasteiger partial charge in [0.15, 0.2) is 0 Å². The molecular formula is C13H19ClN4O3. The lowest BCUT2D eigenvalue weighted by atomic mass is 10.2. The van der Waals surface area contributed by atoms with Crippen molar-refractivity contribution < 1.29 is 13.7 Å². The van der Waals surface area contributed by atoms with E-state index in [9.17, 15) is 4.79 Å². The van der Waals surface area contributed by atoms with Crippen molar-refractivity contribution in [3.63, 3.8) is 0 Å². The maximum Gasteiger partial charge on any atom is 0.227 e. The summed E-state index contributed by atoms with van der Waals surface area (Å²) < 4.78 is 10.0. The molecule has 1 unspecified atom stereocenters. The lowest BCUT2D eigenvalue weighted by Crippen LogP contribution is -2.29. The number of hydrogen-bond donors (Lipinski definition) is 2. The van der Waals surface area contributed by atoms with Gasteiger partial charge in [0.05, 0.1) is 11.8 Å². The number of rotatable bonds is 7. The molecule has 2 heterocycles. The molecule has 0 aliphatic heterocycles. The fourth-order valence-electron chi connectivity index (χ4n) is 1.61. The number of hydrogen-bond acceptors (Lipinski definition) is 6. The smallest absolute Gasteiger partial charge is 0.227 e. The first-order chi connectivity index (χ1) is 9.65. The average Bonchev–Trinajstić information content (AvgIpc) is 3.06. The fourth-order valence-corrected chi connectivity index (χ4v) is 1.61. The maximum absolute atomic E-state index is 11.6. The van der Waals surface area contributed by atoms with Crippen molar-refractivity contribution in [1.29, 1.82) is 0 Å². The highest BCUT2D eigenvalue weighted by atomic mass is 35.5. The van der Waals surface area contributed by atoms with Gasteiger partial charge < -0.3 is 20.0 Å². The van der Waals surface area contributed by atoms with Crippen LogP contribution in [0, 0.1) is 0 Å². The van der Waals surface area contributed by atoms with Crippen molar-refractivity contribution in [3.05, 3.63) is 24.5 Å². The molecule has 1 amide bonds. The summed E-state index contributed by atoms with van der Waals surface area (Å²) in [5.74, 6) is 0.850. The zero-order valence-corrected chi connectivity index (χ0v) is 12.6. The first-order valence-electron chi connectivity index (χ1n) is 6.52. The highest BCUT2D eigenvalue weighted by molar-refractivity contribution is 5.85. The Morgan fingerprint density at radius 3 is 3.00 bits per heavy atom. The van der Waals surface area contributed by atoms with E-state index < -0.39 is 0 Å². The van der Waals surface area contributed by atoms with E-state index in [0.717, 1.165) is 12.0 Å². The van der Waals surface area contributed by atoms with Crippen LogP contribution in [-0.4, -0.2) is 28.6 Å². The molecule has 0 aliphatic carbocycles. The van der Waals surface area contributed by atoms with Gasteiger partial charge in [-0.2, -0.15) is 4.98 Å². The van der Waals surface area contributed by atoms with Gasteiger partial charge in [-0.1, -0.05) is 5.16 Å². The summed E-state index contributed by atoms with van der Waals surface area (Å²) in [5, 5.41) is 6.62. The van der Waals surface area contributed by atoms with E-state index in [0.29, 0.717) is 31.1 Å². The lowest BCUT2D eigenvalue weighted by molar-refractivity contribution is -0.121. The molecule has 3 N–H and O–H groups in total. The van der Waals surface area contributed by atoms with Gasteiger partial charge in [-0.3, -0.25) is 4.79 Å². The lowest BCUT2D eigenvalue weighted by Gasteiger charge is -2.06. The molecule has 0 aliphatic rings. The molecule has 0 saturated carbocycles. The van der Waals surface area contributed by atoms with Crippen LogP contribution in [0.5, 0.6) is 0 Å². The van der Waals surface area contributed by atoms with Crippen LogP contribution in [0.2, 0.25) is 0 Å². The van der Waals surface area contributed by atoms with Crippen LogP contribution in [0.3, 0.4) is 0 Å². The van der Waals surface area contributed by atoms with Crippen molar-refractivity contribution in [2.24, 2.45) is 5.73 Å². The van der Waals surface area contributed by atoms with Gasteiger partial charge >= 0.3 is 0 Å². The topological polar surface area (TPSA) is 107 Å². The zero-order valence-electron chi connectivity index (χ0n) is 11.7. The quantitative estimate of drug-likeness (QED) is 0.802. The van der Waals surface area contributed by atoms with E-state index >= 15 is 0 Å². The molecule has 2 aromatic rings. The molecule has 116 valence electrons. The monoisotopic (exact) mass is 314 g/mol. The second-order valence-electron chi connectivity index (χ2n) is 4.64. The third-order valence-corrected chi connectivity index (χ3v) is 2.74. The number of carbonyl (C=O) groups excluding carboxylic acids is 1. The molecule has 0 spiro atoms. The highest BCUT2D eigenvalue weighted by Gasteiger charge is 2.11. The zero-order chi connectivity index (χ0) is 14.4. The van der Waals surface area contributed by atoms with Gasteiger partial charge in [0.1, 0.15) is 6.26 Å². The number of halogens is 1. The Kier molecular flexibility index (Phi) is 6.90. The highest BCUT2D eigenvalue weighted by Crippen LogP contribution is 2.16. The van der Waals surface area contributed by atoms with Gasteiger partial charge in [0.25, 0.3) is 0 Å². The molecule has 7 nitrogen and oxygen atoms in total. The van der Waals surface area contributed by atoms with E-state index in [4.69, 9.17) is 14.7 Å². The minimum absolute atomic E-state index is 0. The number of aryl methyl sites for hydroxylation is 1. The van der Waals surface area contributed by atoms with E-state index in [1.54, 1.807) is 6.07 Å². The van der Waals surface area contributed by atoms with Crippen molar-refractivity contribution >= 4 is 18.3 Å². The van der Waals surface area contributed by atoms with E-state index in [1.165, 1.54) is 12.5 Å². The van der Waals surface area contributed by atoms with Crippen molar-refractivity contribution in [2.75, 3.05) is 6.54 Å². The van der Waals surface area contributed by atoms with Gasteiger partial charge in [-0.05, 0) is 19.4 Å². The number of nitrogens with two attached hydrogens (primary N) is 1. The molecule has 0 bridgehead atoms. The number of amides is 1. The third kappa shape index (κ3) is 5.57. The fraction of sp³-hybridized carbons (Fsp3) is 0.462. The van der Waals surface area contributed by atoms with Crippen molar-refractivity contribution in [1.82, 2.24) is 15.5 Å². The number of aromatic nitrogens is 2. The van der Waals surface area contributed by atoms with E-state index in [-0.39, 0.29) is 24.4 Å².